The zero-order valence-electron chi connectivity index (χ0n) is 9.60. The van der Waals surface area contributed by atoms with Gasteiger partial charge in [-0.05, 0) is 0 Å². The lowest BCUT2D eigenvalue weighted by molar-refractivity contribution is 0.272. The summed E-state index contributed by atoms with van der Waals surface area (Å²) in [6, 6.07) is 2.40. The first kappa shape index (κ1) is 20.9. The van der Waals surface area contributed by atoms with Crippen molar-refractivity contribution in [1.82, 2.24) is 0 Å². The molecule has 0 aliphatic rings. The van der Waals surface area contributed by atoms with Crippen LogP contribution >= 0.6 is 15.6 Å². The van der Waals surface area contributed by atoms with Gasteiger partial charge in [0.2, 0.25) is 0 Å². The molecule has 0 amide bonds. The number of hydrogen-bond donors (Lipinski definition) is 10. The Labute approximate surface area is 112 Å². The highest BCUT2D eigenvalue weighted by molar-refractivity contribution is 7.45. The van der Waals surface area contributed by atoms with Gasteiger partial charge in [-0.15, -0.1) is 0 Å². The van der Waals surface area contributed by atoms with Crippen molar-refractivity contribution in [2.75, 3.05) is 11.5 Å². The maximum atomic E-state index is 8.91. The first-order valence-electron chi connectivity index (χ1n) is 4.24. The number of benzene rings is 1. The highest BCUT2D eigenvalue weighted by Crippen LogP contribution is 2.30. The predicted molar refractivity (Wildman–Crippen MR) is 67.1 cm³/mol. The van der Waals surface area contributed by atoms with Crippen LogP contribution in [0.4, 0.5) is 11.4 Å². The van der Waals surface area contributed by atoms with Crippen molar-refractivity contribution < 1.29 is 48.7 Å². The summed E-state index contributed by atoms with van der Waals surface area (Å²) >= 11 is 0. The fraction of sp³-hybridized carbons (Fsp3) is 0. The monoisotopic (exact) mass is 336 g/mol. The zero-order chi connectivity index (χ0) is 16.7. The van der Waals surface area contributed by atoms with E-state index >= 15 is 0 Å². The molecule has 0 saturated carbocycles. The summed E-state index contributed by atoms with van der Waals surface area (Å²) in [7, 11) is -9.28. The SMILES string of the molecule is Nc1cc(O)c(N)cc1O.O=P(O)(O)O.O=P(O)(O)O. The Kier molecular flexibility index (Phi) is 8.43. The lowest BCUT2D eigenvalue weighted by Crippen LogP contribution is -1.89. The molecule has 0 saturated heterocycles. The second-order valence-corrected chi connectivity index (χ2v) is 5.05. The molecular formula is C6H14N2O10P2. The predicted octanol–water partition coefficient (Wildman–Crippen LogP) is -1.60. The van der Waals surface area contributed by atoms with Crippen molar-refractivity contribution in [2.45, 2.75) is 0 Å². The molecule has 0 bridgehead atoms. The Morgan fingerprint density at radius 1 is 0.700 bits per heavy atom. The molecule has 12 N–H and O–H groups in total. The average molecular weight is 336 g/mol. The van der Waals surface area contributed by atoms with E-state index in [1.165, 1.54) is 12.1 Å². The smallest absolute Gasteiger partial charge is 0.466 e. The molecule has 0 heterocycles. The minimum Gasteiger partial charge on any atom is -0.506 e. The number of nitrogen functional groups attached to an aromatic ring is 2. The molecule has 0 fully saturated rings. The Morgan fingerprint density at radius 3 is 1.00 bits per heavy atom. The summed E-state index contributed by atoms with van der Waals surface area (Å²) in [4.78, 5) is 43.1. The molecule has 1 aromatic rings. The number of hydrogen-bond acceptors (Lipinski definition) is 6. The fourth-order valence-electron chi connectivity index (χ4n) is 0.609. The van der Waals surface area contributed by atoms with E-state index in [4.69, 9.17) is 60.2 Å². The van der Waals surface area contributed by atoms with Gasteiger partial charge in [0, 0.05) is 12.1 Å². The van der Waals surface area contributed by atoms with Gasteiger partial charge in [-0.2, -0.15) is 0 Å². The van der Waals surface area contributed by atoms with Crippen LogP contribution in [0.3, 0.4) is 0 Å². The number of phenolic OH excluding ortho intramolecular Hbond substituents is 2. The van der Waals surface area contributed by atoms with Crippen LogP contribution in [0.1, 0.15) is 0 Å². The third kappa shape index (κ3) is 19.0. The van der Waals surface area contributed by atoms with Gasteiger partial charge in [-0.25, -0.2) is 9.13 Å². The molecule has 1 rings (SSSR count). The van der Waals surface area contributed by atoms with E-state index in [1.54, 1.807) is 0 Å². The van der Waals surface area contributed by atoms with E-state index in [0.717, 1.165) is 0 Å². The first-order chi connectivity index (χ1) is 8.61. The molecule has 0 aliphatic heterocycles. The summed E-state index contributed by atoms with van der Waals surface area (Å²) in [5.41, 5.74) is 10.7. The van der Waals surface area contributed by atoms with Crippen molar-refractivity contribution in [3.05, 3.63) is 12.1 Å². The molecule has 118 valence electrons. The Hall–Kier alpha value is -1.36. The number of nitrogens with two attached hydrogens (primary N) is 2. The highest BCUT2D eigenvalue weighted by atomic mass is 31.2. The van der Waals surface area contributed by atoms with E-state index in [-0.39, 0.29) is 22.9 Å². The minimum atomic E-state index is -4.64. The van der Waals surface area contributed by atoms with Crippen molar-refractivity contribution in [3.8, 4) is 11.5 Å². The summed E-state index contributed by atoms with van der Waals surface area (Å²) < 4.78 is 17.8. The Morgan fingerprint density at radius 2 is 0.850 bits per heavy atom. The minimum absolute atomic E-state index is 0.115. The van der Waals surface area contributed by atoms with Crippen molar-refractivity contribution in [3.63, 3.8) is 0 Å². The van der Waals surface area contributed by atoms with Crippen LogP contribution in [-0.2, 0) is 9.13 Å². The molecule has 12 nitrogen and oxygen atoms in total. The van der Waals surface area contributed by atoms with Gasteiger partial charge in [0.15, 0.2) is 0 Å². The van der Waals surface area contributed by atoms with Crippen LogP contribution in [0.5, 0.6) is 11.5 Å². The summed E-state index contributed by atoms with van der Waals surface area (Å²) in [5.74, 6) is -0.231. The number of phenols is 2. The molecule has 14 heteroatoms. The molecule has 0 aliphatic carbocycles. The van der Waals surface area contributed by atoms with E-state index < -0.39 is 15.6 Å². The normalized spacial score (nSPS) is 10.7. The second kappa shape index (κ2) is 8.04. The van der Waals surface area contributed by atoms with Crippen LogP contribution < -0.4 is 11.5 Å². The van der Waals surface area contributed by atoms with Crippen LogP contribution in [0.25, 0.3) is 0 Å². The van der Waals surface area contributed by atoms with E-state index in [0.29, 0.717) is 0 Å². The van der Waals surface area contributed by atoms with Crippen LogP contribution in [0.2, 0.25) is 0 Å². The maximum absolute atomic E-state index is 8.91. The third-order valence-corrected chi connectivity index (χ3v) is 1.18. The molecule has 0 unspecified atom stereocenters. The third-order valence-electron chi connectivity index (χ3n) is 1.18. The molecule has 0 aromatic heterocycles. The molecule has 0 spiro atoms. The van der Waals surface area contributed by atoms with Crippen molar-refractivity contribution in [1.29, 1.82) is 0 Å². The number of aromatic hydroxyl groups is 2. The topological polar surface area (TPSA) is 248 Å². The zero-order valence-corrected chi connectivity index (χ0v) is 11.4. The Balaban J connectivity index is 0. The van der Waals surface area contributed by atoms with E-state index in [1.807, 2.05) is 0 Å². The standard InChI is InChI=1S/C6H8N2O2.2H3O4P/c7-3-1-5(9)4(8)2-6(3)10;2*1-5(2,3)4/h1-2,9-10H,7-8H2;2*(H3,1,2,3,4). The van der Waals surface area contributed by atoms with Gasteiger partial charge in [0.05, 0.1) is 11.4 Å². The molecule has 0 radical (unpaired) electrons. The fourth-order valence-corrected chi connectivity index (χ4v) is 0.609. The van der Waals surface area contributed by atoms with Gasteiger partial charge < -0.3 is 51.0 Å². The lowest BCUT2D eigenvalue weighted by Gasteiger charge is -2.01. The largest absolute Gasteiger partial charge is 0.506 e. The van der Waals surface area contributed by atoms with Gasteiger partial charge >= 0.3 is 15.6 Å². The molecule has 20 heavy (non-hydrogen) atoms. The Bertz CT molecular complexity index is 436. The van der Waals surface area contributed by atoms with Gasteiger partial charge in [-0.1, -0.05) is 0 Å². The number of phosphoric acid groups is 2. The van der Waals surface area contributed by atoms with Crippen molar-refractivity contribution >= 4 is 27.0 Å². The van der Waals surface area contributed by atoms with Crippen LogP contribution in [-0.4, -0.2) is 39.6 Å². The van der Waals surface area contributed by atoms with Crippen LogP contribution in [0, 0.1) is 0 Å². The summed E-state index contributed by atoms with van der Waals surface area (Å²) in [6.45, 7) is 0. The van der Waals surface area contributed by atoms with Crippen molar-refractivity contribution in [2.24, 2.45) is 0 Å². The second-order valence-electron chi connectivity index (χ2n) is 3.00. The van der Waals surface area contributed by atoms with Crippen LogP contribution in [0.15, 0.2) is 12.1 Å². The summed E-state index contributed by atoms with van der Waals surface area (Å²) in [6.07, 6.45) is 0. The molecule has 0 atom stereocenters. The number of rotatable bonds is 0. The van der Waals surface area contributed by atoms with Gasteiger partial charge in [-0.3, -0.25) is 0 Å². The van der Waals surface area contributed by atoms with E-state index in [2.05, 4.69) is 0 Å². The van der Waals surface area contributed by atoms with E-state index in [9.17, 15) is 0 Å². The average Bonchev–Trinajstić information content (AvgIpc) is 2.09. The molecular weight excluding hydrogens is 322 g/mol. The van der Waals surface area contributed by atoms with Gasteiger partial charge in [0.25, 0.3) is 0 Å². The number of anilines is 2. The quantitative estimate of drug-likeness (QED) is 0.111. The maximum Gasteiger partial charge on any atom is 0.466 e. The molecule has 1 aromatic carbocycles. The first-order valence-corrected chi connectivity index (χ1v) is 7.37. The lowest BCUT2D eigenvalue weighted by atomic mass is 10.2. The highest BCUT2D eigenvalue weighted by Gasteiger charge is 2.01. The summed E-state index contributed by atoms with van der Waals surface area (Å²) in [5, 5.41) is 17.8. The van der Waals surface area contributed by atoms with Gasteiger partial charge in [0.1, 0.15) is 11.5 Å².